The molecule has 3 heterocycles. The highest BCUT2D eigenvalue weighted by Gasteiger charge is 2.41. The lowest BCUT2D eigenvalue weighted by Gasteiger charge is -2.21. The molecule has 114 valence electrons. The molecule has 9 heteroatoms. The van der Waals surface area contributed by atoms with Crippen molar-refractivity contribution in [3.8, 4) is 0 Å². The Morgan fingerprint density at radius 1 is 1.38 bits per heavy atom. The van der Waals surface area contributed by atoms with Crippen LogP contribution in [0.2, 0.25) is 0 Å². The lowest BCUT2D eigenvalue weighted by Crippen LogP contribution is -2.43. The van der Waals surface area contributed by atoms with E-state index in [0.29, 0.717) is 12.2 Å². The Morgan fingerprint density at radius 2 is 2.14 bits per heavy atom. The Balaban J connectivity index is 1.76. The topological polar surface area (TPSA) is 66.9 Å². The fourth-order valence-corrected chi connectivity index (χ4v) is 2.89. The van der Waals surface area contributed by atoms with Gasteiger partial charge in [0.25, 0.3) is 5.91 Å². The van der Waals surface area contributed by atoms with E-state index in [-0.39, 0.29) is 12.1 Å². The molecule has 3 rings (SSSR count). The summed E-state index contributed by atoms with van der Waals surface area (Å²) < 4.78 is 50.7. The van der Waals surface area contributed by atoms with Gasteiger partial charge in [0.1, 0.15) is 0 Å². The first-order valence-electron chi connectivity index (χ1n) is 6.51. The molecule has 0 unspecified atom stereocenters. The second-order valence-electron chi connectivity index (χ2n) is 5.25. The van der Waals surface area contributed by atoms with Gasteiger partial charge < -0.3 is 10.6 Å². The van der Waals surface area contributed by atoms with Gasteiger partial charge in [-0.15, -0.1) is 0 Å². The van der Waals surface area contributed by atoms with Crippen molar-refractivity contribution in [3.63, 3.8) is 0 Å². The van der Waals surface area contributed by atoms with Crippen molar-refractivity contribution < 1.29 is 22.4 Å². The molecule has 0 radical (unpaired) electrons. The first-order chi connectivity index (χ1) is 9.84. The van der Waals surface area contributed by atoms with E-state index >= 15 is 0 Å². The maximum absolute atomic E-state index is 13.1. The third-order valence-corrected chi connectivity index (χ3v) is 3.83. The minimum atomic E-state index is -4.96. The quantitative estimate of drug-likeness (QED) is 0.807. The molecule has 0 saturated carbocycles. The predicted molar refractivity (Wildman–Crippen MR) is 62.8 cm³/mol. The predicted octanol–water partition coefficient (Wildman–Crippen LogP) is 1.26. The number of nitrogens with zero attached hydrogens (tertiary/aromatic N) is 2. The summed E-state index contributed by atoms with van der Waals surface area (Å²) in [5.74, 6) is -3.09. The smallest absolute Gasteiger partial charge is 0.345 e. The maximum atomic E-state index is 13.1. The normalized spacial score (nSPS) is 27.9. The number of halogens is 4. The third-order valence-electron chi connectivity index (χ3n) is 3.83. The number of carbonyl (C=O) groups excluding carboxylic acids is 1. The van der Waals surface area contributed by atoms with Crippen LogP contribution < -0.4 is 10.6 Å². The van der Waals surface area contributed by atoms with Crippen LogP contribution in [0.3, 0.4) is 0 Å². The number of carbonyl (C=O) groups is 1. The van der Waals surface area contributed by atoms with E-state index in [9.17, 15) is 22.4 Å². The second kappa shape index (κ2) is 4.90. The average Bonchev–Trinajstić information content (AvgIpc) is 3.00. The van der Waals surface area contributed by atoms with Crippen molar-refractivity contribution >= 4 is 5.91 Å². The second-order valence-corrected chi connectivity index (χ2v) is 5.25. The highest BCUT2D eigenvalue weighted by molar-refractivity contribution is 5.90. The number of nitrogens with one attached hydrogen (secondary N) is 2. The van der Waals surface area contributed by atoms with Gasteiger partial charge in [-0.05, 0) is 19.3 Å². The number of hydrogen-bond donors (Lipinski definition) is 2. The van der Waals surface area contributed by atoms with E-state index < -0.39 is 29.4 Å². The first kappa shape index (κ1) is 14.2. The summed E-state index contributed by atoms with van der Waals surface area (Å²) in [6.45, 7) is 0. The van der Waals surface area contributed by atoms with Gasteiger partial charge in [0, 0.05) is 18.1 Å². The number of alkyl halides is 3. The number of aromatic nitrogens is 2. The summed E-state index contributed by atoms with van der Waals surface area (Å²) in [7, 11) is 0. The highest BCUT2D eigenvalue weighted by atomic mass is 19.4. The molecule has 2 N–H and O–H groups in total. The molecule has 2 aliphatic rings. The maximum Gasteiger partial charge on any atom is 0.436 e. The summed E-state index contributed by atoms with van der Waals surface area (Å²) in [6, 6.07) is 0.306. The zero-order chi connectivity index (χ0) is 15.2. The van der Waals surface area contributed by atoms with E-state index in [2.05, 4.69) is 20.6 Å². The third kappa shape index (κ3) is 2.69. The summed E-state index contributed by atoms with van der Waals surface area (Å²) in [6.07, 6.45) is -1.93. The van der Waals surface area contributed by atoms with Crippen LogP contribution in [-0.2, 0) is 6.18 Å². The van der Waals surface area contributed by atoms with Crippen molar-refractivity contribution in [2.75, 3.05) is 0 Å². The van der Waals surface area contributed by atoms with E-state index in [4.69, 9.17) is 0 Å². The van der Waals surface area contributed by atoms with Gasteiger partial charge in [-0.3, -0.25) is 4.79 Å². The molecular formula is C12H12F4N4O. The van der Waals surface area contributed by atoms with E-state index in [0.717, 1.165) is 19.3 Å². The number of amides is 1. The molecule has 21 heavy (non-hydrogen) atoms. The van der Waals surface area contributed by atoms with Crippen LogP contribution in [0.1, 0.15) is 35.6 Å². The van der Waals surface area contributed by atoms with Crippen LogP contribution in [0.25, 0.3) is 0 Å². The van der Waals surface area contributed by atoms with Crippen LogP contribution in [-0.4, -0.2) is 34.0 Å². The van der Waals surface area contributed by atoms with Crippen LogP contribution in [0.4, 0.5) is 17.6 Å². The Morgan fingerprint density at radius 3 is 2.71 bits per heavy atom. The molecule has 5 nitrogen and oxygen atoms in total. The zero-order valence-electron chi connectivity index (χ0n) is 10.7. The highest BCUT2D eigenvalue weighted by Crippen LogP contribution is 2.30. The van der Waals surface area contributed by atoms with Crippen molar-refractivity contribution in [3.05, 3.63) is 23.5 Å². The molecule has 2 saturated heterocycles. The lowest BCUT2D eigenvalue weighted by atomic mass is 9.95. The Labute approximate surface area is 117 Å². The molecule has 1 amide bonds. The standard InChI is InChI=1S/C12H12F4N4O/c13-6-4-17-10(20-9(6)12(14,15)16)11(21)19-8-3-5-1-2-7(8)18-5/h4-5,7-8,18H,1-3H2,(H,19,21)/t5-,7+,8-/m1/s1. The summed E-state index contributed by atoms with van der Waals surface area (Å²) in [5.41, 5.74) is -1.73. The van der Waals surface area contributed by atoms with Gasteiger partial charge >= 0.3 is 6.18 Å². The molecule has 2 fully saturated rings. The average molecular weight is 304 g/mol. The first-order valence-corrected chi connectivity index (χ1v) is 6.51. The molecule has 0 aromatic carbocycles. The van der Waals surface area contributed by atoms with Crippen molar-refractivity contribution in [2.45, 2.75) is 43.6 Å². The number of hydrogen-bond acceptors (Lipinski definition) is 4. The monoisotopic (exact) mass is 304 g/mol. The largest absolute Gasteiger partial charge is 0.436 e. The summed E-state index contributed by atoms with van der Waals surface area (Å²) >= 11 is 0. The molecule has 1 aromatic heterocycles. The van der Waals surface area contributed by atoms with Crippen LogP contribution in [0.5, 0.6) is 0 Å². The Kier molecular flexibility index (Phi) is 3.31. The molecule has 2 bridgehead atoms. The number of rotatable bonds is 2. The van der Waals surface area contributed by atoms with Crippen molar-refractivity contribution in [2.24, 2.45) is 0 Å². The Hall–Kier alpha value is -1.77. The van der Waals surface area contributed by atoms with Gasteiger partial charge in [-0.25, -0.2) is 14.4 Å². The summed E-state index contributed by atoms with van der Waals surface area (Å²) in [5, 5.41) is 5.89. The van der Waals surface area contributed by atoms with Crippen molar-refractivity contribution in [1.29, 1.82) is 0 Å². The lowest BCUT2D eigenvalue weighted by molar-refractivity contribution is -0.143. The van der Waals surface area contributed by atoms with Gasteiger partial charge in [0.2, 0.25) is 5.82 Å². The Bertz CT molecular complexity index is 577. The van der Waals surface area contributed by atoms with E-state index in [1.807, 2.05) is 0 Å². The van der Waals surface area contributed by atoms with Gasteiger partial charge in [-0.2, -0.15) is 13.2 Å². The van der Waals surface area contributed by atoms with Gasteiger partial charge in [0.15, 0.2) is 11.5 Å². The number of fused-ring (bicyclic) bond motifs is 2. The van der Waals surface area contributed by atoms with Crippen LogP contribution >= 0.6 is 0 Å². The molecule has 2 aliphatic heterocycles. The fraction of sp³-hybridized carbons (Fsp3) is 0.583. The summed E-state index contributed by atoms with van der Waals surface area (Å²) in [4.78, 5) is 18.3. The molecule has 3 atom stereocenters. The van der Waals surface area contributed by atoms with Crippen LogP contribution in [0, 0.1) is 5.82 Å². The van der Waals surface area contributed by atoms with E-state index in [1.165, 1.54) is 0 Å². The van der Waals surface area contributed by atoms with E-state index in [1.54, 1.807) is 0 Å². The minimum absolute atomic E-state index is 0.126. The molecular weight excluding hydrogens is 292 g/mol. The fourth-order valence-electron chi connectivity index (χ4n) is 2.89. The molecule has 1 aromatic rings. The minimum Gasteiger partial charge on any atom is -0.345 e. The molecule has 0 spiro atoms. The van der Waals surface area contributed by atoms with Gasteiger partial charge in [-0.1, -0.05) is 0 Å². The zero-order valence-corrected chi connectivity index (χ0v) is 10.7. The SMILES string of the molecule is O=C(N[C@@H]1C[C@H]2CC[C@@H]1N2)c1ncc(F)c(C(F)(F)F)n1. The van der Waals surface area contributed by atoms with Crippen LogP contribution in [0.15, 0.2) is 6.20 Å². The van der Waals surface area contributed by atoms with Gasteiger partial charge in [0.05, 0.1) is 6.20 Å². The molecule has 0 aliphatic carbocycles. The van der Waals surface area contributed by atoms with Crippen molar-refractivity contribution in [1.82, 2.24) is 20.6 Å².